The summed E-state index contributed by atoms with van der Waals surface area (Å²) in [7, 11) is 0. The van der Waals surface area contributed by atoms with Crippen LogP contribution in [0.3, 0.4) is 0 Å². The number of amides is 1. The first-order chi connectivity index (χ1) is 8.58. The maximum absolute atomic E-state index is 12.0. The van der Waals surface area contributed by atoms with Crippen molar-refractivity contribution in [2.24, 2.45) is 0 Å². The van der Waals surface area contributed by atoms with Crippen LogP contribution in [0.4, 0.5) is 5.69 Å². The van der Waals surface area contributed by atoms with Gasteiger partial charge in [-0.1, -0.05) is 23.2 Å². The fourth-order valence-electron chi connectivity index (χ4n) is 1.34. The second-order valence-corrected chi connectivity index (χ2v) is 5.01. The Morgan fingerprint density at radius 2 is 2.06 bits per heavy atom. The van der Waals surface area contributed by atoms with E-state index in [-0.39, 0.29) is 5.91 Å². The lowest BCUT2D eigenvalue weighted by molar-refractivity contribution is 0.102. The van der Waals surface area contributed by atoms with Gasteiger partial charge >= 0.3 is 0 Å². The molecule has 0 spiro atoms. The number of hydrogen-bond acceptors (Lipinski definition) is 2. The van der Waals surface area contributed by atoms with Crippen LogP contribution in [0.15, 0.2) is 41.1 Å². The minimum Gasteiger partial charge on any atom is -0.321 e. The molecule has 0 aliphatic rings. The average Bonchev–Trinajstić information content (AvgIpc) is 2.33. The number of anilines is 1. The van der Waals surface area contributed by atoms with Crippen LogP contribution in [0.1, 0.15) is 10.4 Å². The molecule has 1 N–H and O–H groups in total. The molecule has 92 valence electrons. The molecule has 1 heterocycles. The van der Waals surface area contributed by atoms with Crippen molar-refractivity contribution < 1.29 is 4.79 Å². The molecule has 0 aliphatic carbocycles. The van der Waals surface area contributed by atoms with Crippen LogP contribution in [0.2, 0.25) is 10.0 Å². The molecule has 1 amide bonds. The Labute approximate surface area is 122 Å². The predicted molar refractivity (Wildman–Crippen MR) is 76.4 cm³/mol. The summed E-state index contributed by atoms with van der Waals surface area (Å²) in [5, 5.41) is 3.59. The van der Waals surface area contributed by atoms with Crippen LogP contribution < -0.4 is 5.32 Å². The first-order valence-corrected chi connectivity index (χ1v) is 6.50. The number of benzene rings is 1. The Hall–Kier alpha value is -1.10. The fraction of sp³-hybridized carbons (Fsp3) is 0. The van der Waals surface area contributed by atoms with E-state index in [9.17, 15) is 4.79 Å². The SMILES string of the molecule is O=C(Nc1ccc(Cl)cc1Cl)c1cccnc1Br. The number of pyridine rings is 1. The lowest BCUT2D eigenvalue weighted by Crippen LogP contribution is -2.13. The second-order valence-electron chi connectivity index (χ2n) is 3.42. The molecule has 0 bridgehead atoms. The number of carbonyl (C=O) groups excluding carboxylic acids is 1. The van der Waals surface area contributed by atoms with Crippen LogP contribution in [0, 0.1) is 0 Å². The predicted octanol–water partition coefficient (Wildman–Crippen LogP) is 4.40. The highest BCUT2D eigenvalue weighted by Crippen LogP contribution is 2.26. The Morgan fingerprint density at radius 3 is 2.72 bits per heavy atom. The van der Waals surface area contributed by atoms with Gasteiger partial charge in [0.25, 0.3) is 5.91 Å². The Morgan fingerprint density at radius 1 is 1.28 bits per heavy atom. The van der Waals surface area contributed by atoms with E-state index in [1.165, 1.54) is 0 Å². The molecule has 0 atom stereocenters. The van der Waals surface area contributed by atoms with Crippen LogP contribution >= 0.6 is 39.1 Å². The summed E-state index contributed by atoms with van der Waals surface area (Å²) < 4.78 is 0.479. The second kappa shape index (κ2) is 5.69. The van der Waals surface area contributed by atoms with Crippen molar-refractivity contribution in [1.29, 1.82) is 0 Å². The average molecular weight is 346 g/mol. The van der Waals surface area contributed by atoms with E-state index >= 15 is 0 Å². The number of halogens is 3. The van der Waals surface area contributed by atoms with E-state index in [2.05, 4.69) is 26.2 Å². The summed E-state index contributed by atoms with van der Waals surface area (Å²) in [6.45, 7) is 0. The molecule has 18 heavy (non-hydrogen) atoms. The largest absolute Gasteiger partial charge is 0.321 e. The third-order valence-corrected chi connectivity index (χ3v) is 3.36. The molecule has 1 aromatic carbocycles. The van der Waals surface area contributed by atoms with E-state index in [4.69, 9.17) is 23.2 Å². The minimum atomic E-state index is -0.292. The van der Waals surface area contributed by atoms with Gasteiger partial charge in [0.2, 0.25) is 0 Å². The molecule has 3 nitrogen and oxygen atoms in total. The highest BCUT2D eigenvalue weighted by atomic mass is 79.9. The van der Waals surface area contributed by atoms with Crippen molar-refractivity contribution in [2.45, 2.75) is 0 Å². The number of hydrogen-bond donors (Lipinski definition) is 1. The van der Waals surface area contributed by atoms with Crippen molar-refractivity contribution in [1.82, 2.24) is 4.98 Å². The molecular weight excluding hydrogens is 339 g/mol. The summed E-state index contributed by atoms with van der Waals surface area (Å²) in [6, 6.07) is 8.21. The number of nitrogens with one attached hydrogen (secondary N) is 1. The highest BCUT2D eigenvalue weighted by molar-refractivity contribution is 9.10. The maximum Gasteiger partial charge on any atom is 0.258 e. The first kappa shape index (κ1) is 13.3. The monoisotopic (exact) mass is 344 g/mol. The van der Waals surface area contributed by atoms with Crippen molar-refractivity contribution in [2.75, 3.05) is 5.32 Å². The number of rotatable bonds is 2. The Balaban J connectivity index is 2.24. The molecule has 2 rings (SSSR count). The lowest BCUT2D eigenvalue weighted by atomic mass is 10.2. The van der Waals surface area contributed by atoms with Crippen molar-refractivity contribution in [3.8, 4) is 0 Å². The van der Waals surface area contributed by atoms with Gasteiger partial charge in [0.1, 0.15) is 4.60 Å². The summed E-state index contributed by atoms with van der Waals surface area (Å²) in [6.07, 6.45) is 1.59. The zero-order valence-electron chi connectivity index (χ0n) is 8.95. The topological polar surface area (TPSA) is 42.0 Å². The van der Waals surface area contributed by atoms with Crippen LogP contribution in [0.25, 0.3) is 0 Å². The van der Waals surface area contributed by atoms with E-state index < -0.39 is 0 Å². The van der Waals surface area contributed by atoms with E-state index in [0.29, 0.717) is 25.9 Å². The third kappa shape index (κ3) is 3.02. The van der Waals surface area contributed by atoms with Crippen LogP contribution in [-0.4, -0.2) is 10.9 Å². The molecule has 0 saturated carbocycles. The molecule has 2 aromatic rings. The smallest absolute Gasteiger partial charge is 0.258 e. The summed E-state index contributed by atoms with van der Waals surface area (Å²) in [4.78, 5) is 16.0. The first-order valence-electron chi connectivity index (χ1n) is 4.95. The van der Waals surface area contributed by atoms with Gasteiger partial charge in [-0.2, -0.15) is 0 Å². The van der Waals surface area contributed by atoms with Crippen molar-refractivity contribution in [3.05, 3.63) is 56.7 Å². The Bertz CT molecular complexity index is 604. The molecule has 0 radical (unpaired) electrons. The molecule has 1 aromatic heterocycles. The molecule has 0 saturated heterocycles. The third-order valence-electron chi connectivity index (χ3n) is 2.18. The van der Waals surface area contributed by atoms with Crippen molar-refractivity contribution in [3.63, 3.8) is 0 Å². The quantitative estimate of drug-likeness (QED) is 0.819. The van der Waals surface area contributed by atoms with E-state index in [1.54, 1.807) is 36.5 Å². The molecule has 0 fully saturated rings. The summed E-state index contributed by atoms with van der Waals surface area (Å²) >= 11 is 15.0. The molecular formula is C12H7BrCl2N2O. The van der Waals surface area contributed by atoms with Gasteiger partial charge in [-0.05, 0) is 46.3 Å². The zero-order valence-corrected chi connectivity index (χ0v) is 12.1. The van der Waals surface area contributed by atoms with Gasteiger partial charge in [0, 0.05) is 11.2 Å². The van der Waals surface area contributed by atoms with Gasteiger partial charge in [0.15, 0.2) is 0 Å². The number of nitrogens with zero attached hydrogens (tertiary/aromatic N) is 1. The minimum absolute atomic E-state index is 0.292. The number of aromatic nitrogens is 1. The molecule has 0 aliphatic heterocycles. The van der Waals surface area contributed by atoms with Gasteiger partial charge < -0.3 is 5.32 Å². The number of carbonyl (C=O) groups is 1. The normalized spacial score (nSPS) is 10.2. The maximum atomic E-state index is 12.0. The Kier molecular flexibility index (Phi) is 4.22. The summed E-state index contributed by atoms with van der Waals surface area (Å²) in [5.74, 6) is -0.292. The molecule has 6 heteroatoms. The van der Waals surface area contributed by atoms with Gasteiger partial charge in [0.05, 0.1) is 16.3 Å². The fourth-order valence-corrected chi connectivity index (χ4v) is 2.22. The van der Waals surface area contributed by atoms with Gasteiger partial charge in [-0.3, -0.25) is 4.79 Å². The summed E-state index contributed by atoms with van der Waals surface area (Å²) in [5.41, 5.74) is 0.935. The van der Waals surface area contributed by atoms with Crippen LogP contribution in [0.5, 0.6) is 0 Å². The van der Waals surface area contributed by atoms with E-state index in [0.717, 1.165) is 0 Å². The molecule has 0 unspecified atom stereocenters. The standard InChI is InChI=1S/C12H7BrCl2N2O/c13-11-8(2-1-5-16-11)12(18)17-10-4-3-7(14)6-9(10)15/h1-6H,(H,17,18). The van der Waals surface area contributed by atoms with Crippen LogP contribution in [-0.2, 0) is 0 Å². The van der Waals surface area contributed by atoms with Crippen molar-refractivity contribution >= 4 is 50.7 Å². The van der Waals surface area contributed by atoms with Gasteiger partial charge in [-0.25, -0.2) is 4.98 Å². The highest BCUT2D eigenvalue weighted by Gasteiger charge is 2.12. The van der Waals surface area contributed by atoms with Gasteiger partial charge in [-0.15, -0.1) is 0 Å². The van der Waals surface area contributed by atoms with E-state index in [1.807, 2.05) is 0 Å². The zero-order chi connectivity index (χ0) is 13.1. The lowest BCUT2D eigenvalue weighted by Gasteiger charge is -2.08.